The second-order valence-corrected chi connectivity index (χ2v) is 13.3. The quantitative estimate of drug-likeness (QED) is 0.140. The second-order valence-electron chi connectivity index (χ2n) is 10.8. The minimum atomic E-state index is -4.20. The van der Waals surface area contributed by atoms with Gasteiger partial charge in [0.25, 0.3) is 0 Å². The highest BCUT2D eigenvalue weighted by Gasteiger charge is 2.60. The highest BCUT2D eigenvalue weighted by Crippen LogP contribution is 2.54. The van der Waals surface area contributed by atoms with Crippen LogP contribution in [-0.4, -0.2) is 45.4 Å². The molecule has 2 aliphatic rings. The first-order chi connectivity index (χ1) is 20.1. The SMILES string of the molecule is COC(=O)CCCC=CC[C@H]1[C@H](NS(=O)(=O)c2cc(Cl)cc(Cl)c2O)[C@@H]2C[C@@]1(c1ccc(-c3ccccc3)cc1)CO2. The predicted molar refractivity (Wildman–Crippen MR) is 163 cm³/mol. The summed E-state index contributed by atoms with van der Waals surface area (Å²) in [6.07, 6.45) is 6.66. The largest absolute Gasteiger partial charge is 0.505 e. The maximum Gasteiger partial charge on any atom is 0.305 e. The van der Waals surface area contributed by atoms with E-state index in [1.807, 2.05) is 24.3 Å². The zero-order valence-corrected chi connectivity index (χ0v) is 25.5. The first-order valence-electron chi connectivity index (χ1n) is 13.8. The van der Waals surface area contributed by atoms with E-state index in [2.05, 4.69) is 47.2 Å². The van der Waals surface area contributed by atoms with Crippen molar-refractivity contribution in [1.82, 2.24) is 4.72 Å². The third-order valence-electron chi connectivity index (χ3n) is 8.34. The normalized spacial score (nSPS) is 23.5. The van der Waals surface area contributed by atoms with Gasteiger partial charge in [0.1, 0.15) is 4.90 Å². The van der Waals surface area contributed by atoms with Crippen molar-refractivity contribution in [1.29, 1.82) is 0 Å². The molecule has 2 fully saturated rings. The predicted octanol–water partition coefficient (Wildman–Crippen LogP) is 6.66. The van der Waals surface area contributed by atoms with E-state index < -0.39 is 27.2 Å². The van der Waals surface area contributed by atoms with Crippen LogP contribution in [0.1, 0.15) is 37.7 Å². The summed E-state index contributed by atoms with van der Waals surface area (Å²) < 4.78 is 40.9. The van der Waals surface area contributed by atoms with Gasteiger partial charge in [0.05, 0.1) is 30.9 Å². The number of halogens is 2. The Balaban J connectivity index is 1.44. The molecule has 1 saturated heterocycles. The minimum Gasteiger partial charge on any atom is -0.505 e. The Bertz CT molecular complexity index is 1560. The van der Waals surface area contributed by atoms with E-state index in [4.69, 9.17) is 32.7 Å². The number of methoxy groups -OCH3 is 1. The van der Waals surface area contributed by atoms with Crippen LogP contribution in [0.25, 0.3) is 11.1 Å². The number of carbonyl (C=O) groups is 1. The summed E-state index contributed by atoms with van der Waals surface area (Å²) in [6, 6.07) is 20.4. The number of unbranched alkanes of at least 4 members (excludes halogenated alkanes) is 1. The molecule has 0 unspecified atom stereocenters. The first-order valence-corrected chi connectivity index (χ1v) is 16.1. The molecule has 222 valence electrons. The summed E-state index contributed by atoms with van der Waals surface area (Å²) in [5.74, 6) is -0.932. The average molecular weight is 631 g/mol. The Hall–Kier alpha value is -2.88. The number of carbonyl (C=O) groups excluding carboxylic acids is 1. The van der Waals surface area contributed by atoms with E-state index >= 15 is 0 Å². The molecule has 1 aliphatic carbocycles. The number of fused-ring (bicyclic) bond motifs is 2. The van der Waals surface area contributed by atoms with Crippen molar-refractivity contribution in [2.45, 2.75) is 54.6 Å². The number of phenolic OH excluding ortho intramolecular Hbond substituents is 1. The minimum absolute atomic E-state index is 0.101. The van der Waals surface area contributed by atoms with Gasteiger partial charge >= 0.3 is 5.97 Å². The van der Waals surface area contributed by atoms with Crippen LogP contribution in [0.2, 0.25) is 10.0 Å². The van der Waals surface area contributed by atoms with Gasteiger partial charge in [-0.1, -0.05) is 90.0 Å². The van der Waals surface area contributed by atoms with Crippen LogP contribution in [0.4, 0.5) is 0 Å². The lowest BCUT2D eigenvalue weighted by molar-refractivity contribution is -0.140. The molecule has 42 heavy (non-hydrogen) atoms. The van der Waals surface area contributed by atoms with Crippen LogP contribution in [-0.2, 0) is 29.7 Å². The molecule has 0 aromatic heterocycles. The number of esters is 1. The summed E-state index contributed by atoms with van der Waals surface area (Å²) in [5, 5.41) is 10.4. The van der Waals surface area contributed by atoms with Gasteiger partial charge in [0, 0.05) is 16.9 Å². The number of nitrogens with one attached hydrogen (secondary N) is 1. The number of benzene rings is 3. The third-order valence-corrected chi connectivity index (χ3v) is 10.3. The summed E-state index contributed by atoms with van der Waals surface area (Å²) in [7, 11) is -2.83. The van der Waals surface area contributed by atoms with Gasteiger partial charge in [-0.15, -0.1) is 0 Å². The molecule has 10 heteroatoms. The van der Waals surface area contributed by atoms with Crippen LogP contribution in [0.15, 0.2) is 83.8 Å². The van der Waals surface area contributed by atoms with E-state index in [1.165, 1.54) is 19.2 Å². The van der Waals surface area contributed by atoms with Crippen molar-refractivity contribution in [3.8, 4) is 16.9 Å². The Morgan fingerprint density at radius 2 is 1.81 bits per heavy atom. The van der Waals surface area contributed by atoms with Crippen LogP contribution in [0.3, 0.4) is 0 Å². The van der Waals surface area contributed by atoms with Crippen LogP contribution >= 0.6 is 23.2 Å². The fourth-order valence-electron chi connectivity index (χ4n) is 6.21. The summed E-state index contributed by atoms with van der Waals surface area (Å²) in [6.45, 7) is 0.468. The van der Waals surface area contributed by atoms with Gasteiger partial charge in [0.15, 0.2) is 5.75 Å². The Kier molecular flexibility index (Phi) is 9.30. The molecule has 0 spiro atoms. The topological polar surface area (TPSA) is 102 Å². The van der Waals surface area contributed by atoms with Crippen LogP contribution in [0, 0.1) is 5.92 Å². The smallest absolute Gasteiger partial charge is 0.305 e. The van der Waals surface area contributed by atoms with E-state index in [0.29, 0.717) is 38.7 Å². The zero-order chi connectivity index (χ0) is 29.9. The van der Waals surface area contributed by atoms with Gasteiger partial charge in [-0.3, -0.25) is 4.79 Å². The monoisotopic (exact) mass is 629 g/mol. The van der Waals surface area contributed by atoms with Crippen molar-refractivity contribution in [3.63, 3.8) is 0 Å². The lowest BCUT2D eigenvalue weighted by atomic mass is 9.70. The van der Waals surface area contributed by atoms with Crippen molar-refractivity contribution >= 4 is 39.2 Å². The molecule has 1 heterocycles. The van der Waals surface area contributed by atoms with E-state index in [0.717, 1.165) is 16.7 Å². The van der Waals surface area contributed by atoms with Crippen molar-refractivity contribution < 1.29 is 27.8 Å². The fourth-order valence-corrected chi connectivity index (χ4v) is 8.27. The second kappa shape index (κ2) is 12.8. The molecule has 2 bridgehead atoms. The highest BCUT2D eigenvalue weighted by atomic mass is 35.5. The third kappa shape index (κ3) is 6.24. The highest BCUT2D eigenvalue weighted by molar-refractivity contribution is 7.89. The number of rotatable bonds is 11. The van der Waals surface area contributed by atoms with Crippen molar-refractivity contribution in [3.05, 3.63) is 94.5 Å². The molecule has 1 saturated carbocycles. The van der Waals surface area contributed by atoms with Crippen LogP contribution < -0.4 is 4.72 Å². The van der Waals surface area contributed by atoms with Crippen LogP contribution in [0.5, 0.6) is 5.75 Å². The average Bonchev–Trinajstić information content (AvgIpc) is 3.55. The van der Waals surface area contributed by atoms with E-state index in [9.17, 15) is 18.3 Å². The molecular formula is C32H33Cl2NO6S. The summed E-state index contributed by atoms with van der Waals surface area (Å²) in [4.78, 5) is 11.1. The fraction of sp³-hybridized carbons (Fsp3) is 0.344. The van der Waals surface area contributed by atoms with Crippen molar-refractivity contribution in [2.75, 3.05) is 13.7 Å². The number of allylic oxidation sites excluding steroid dienone is 2. The Morgan fingerprint density at radius 1 is 1.10 bits per heavy atom. The van der Waals surface area contributed by atoms with E-state index in [1.54, 1.807) is 0 Å². The van der Waals surface area contributed by atoms with Gasteiger partial charge in [-0.05, 0) is 60.4 Å². The lowest BCUT2D eigenvalue weighted by Crippen LogP contribution is -2.51. The number of phenols is 1. The van der Waals surface area contributed by atoms with Gasteiger partial charge < -0.3 is 14.6 Å². The molecule has 5 rings (SSSR count). The molecule has 2 N–H and O–H groups in total. The standard InChI is InChI=1S/C32H33Cl2NO6S/c1-40-29(36)12-8-3-2-7-11-25-30(35-42(38,39)28-18-24(33)17-26(34)31(28)37)27-19-32(25,20-41-27)23-15-13-22(14-16-23)21-9-5-4-6-10-21/h2,4-7,9-10,13-18,25,27,30,35,37H,3,8,11-12,19-20H2,1H3/t25-,27-,30-,32-/m0/s1. The number of sulfonamides is 1. The number of hydrogen-bond donors (Lipinski definition) is 2. The maximum atomic E-state index is 13.6. The molecule has 0 radical (unpaired) electrons. The Morgan fingerprint density at radius 3 is 2.52 bits per heavy atom. The number of ether oxygens (including phenoxy) is 2. The molecule has 7 nitrogen and oxygen atoms in total. The Labute approximate surface area is 256 Å². The molecule has 1 aliphatic heterocycles. The summed E-state index contributed by atoms with van der Waals surface area (Å²) >= 11 is 12.1. The first kappa shape index (κ1) is 30.6. The van der Waals surface area contributed by atoms with Crippen molar-refractivity contribution in [2.24, 2.45) is 5.92 Å². The summed E-state index contributed by atoms with van der Waals surface area (Å²) in [5.41, 5.74) is 2.88. The maximum absolute atomic E-state index is 13.6. The molecule has 3 aromatic rings. The lowest BCUT2D eigenvalue weighted by Gasteiger charge is -2.39. The molecular weight excluding hydrogens is 597 g/mol. The van der Waals surface area contributed by atoms with E-state index in [-0.39, 0.29) is 32.9 Å². The molecule has 0 amide bonds. The molecule has 3 aromatic carbocycles. The van der Waals surface area contributed by atoms with Gasteiger partial charge in [-0.25, -0.2) is 13.1 Å². The van der Waals surface area contributed by atoms with Gasteiger partial charge in [-0.2, -0.15) is 0 Å². The zero-order valence-electron chi connectivity index (χ0n) is 23.1. The van der Waals surface area contributed by atoms with Gasteiger partial charge in [0.2, 0.25) is 10.0 Å². The molecule has 4 atom stereocenters. The number of aromatic hydroxyl groups is 1. The number of hydrogen-bond acceptors (Lipinski definition) is 6.